The fourth-order valence-electron chi connectivity index (χ4n) is 2.54. The summed E-state index contributed by atoms with van der Waals surface area (Å²) in [6.45, 7) is 8.02. The summed E-state index contributed by atoms with van der Waals surface area (Å²) in [7, 11) is 0. The number of amides is 1. The molecule has 1 N–H and O–H groups in total. The summed E-state index contributed by atoms with van der Waals surface area (Å²) < 4.78 is 0. The maximum absolute atomic E-state index is 11.9. The van der Waals surface area contributed by atoms with E-state index in [4.69, 9.17) is 0 Å². The van der Waals surface area contributed by atoms with Gasteiger partial charge >= 0.3 is 0 Å². The average Bonchev–Trinajstić information content (AvgIpc) is 2.41. The second-order valence-electron chi connectivity index (χ2n) is 5.70. The fourth-order valence-corrected chi connectivity index (χ4v) is 2.54. The van der Waals surface area contributed by atoms with Gasteiger partial charge in [0.2, 0.25) is 5.91 Å². The standard InChI is InChI=1S/C14H27NO2/c1-11(2)13-6-7-14(17)15(10-8-13)9-4-5-12(3)16/h11-13,16H,4-10H2,1-3H3. The van der Waals surface area contributed by atoms with Crippen molar-refractivity contribution < 1.29 is 9.90 Å². The molecule has 0 aliphatic carbocycles. The van der Waals surface area contributed by atoms with Crippen LogP contribution in [0.5, 0.6) is 0 Å². The number of carbonyl (C=O) groups is 1. The van der Waals surface area contributed by atoms with Gasteiger partial charge in [-0.2, -0.15) is 0 Å². The van der Waals surface area contributed by atoms with Gasteiger partial charge < -0.3 is 10.0 Å². The first kappa shape index (κ1) is 14.5. The van der Waals surface area contributed by atoms with Crippen LogP contribution >= 0.6 is 0 Å². The molecule has 0 saturated carbocycles. The predicted molar refractivity (Wildman–Crippen MR) is 69.7 cm³/mol. The first-order valence-corrected chi connectivity index (χ1v) is 6.96. The molecule has 3 nitrogen and oxygen atoms in total. The molecule has 100 valence electrons. The van der Waals surface area contributed by atoms with Crippen LogP contribution in [0, 0.1) is 11.8 Å². The lowest BCUT2D eigenvalue weighted by molar-refractivity contribution is -0.130. The first-order chi connectivity index (χ1) is 8.00. The van der Waals surface area contributed by atoms with Crippen molar-refractivity contribution in [3.8, 4) is 0 Å². The van der Waals surface area contributed by atoms with E-state index >= 15 is 0 Å². The van der Waals surface area contributed by atoms with E-state index in [0.717, 1.165) is 38.8 Å². The van der Waals surface area contributed by atoms with E-state index in [9.17, 15) is 9.90 Å². The van der Waals surface area contributed by atoms with Gasteiger partial charge in [-0.25, -0.2) is 0 Å². The lowest BCUT2D eigenvalue weighted by Gasteiger charge is -2.22. The molecule has 1 saturated heterocycles. The Bertz CT molecular complexity index is 238. The van der Waals surface area contributed by atoms with Gasteiger partial charge in [-0.05, 0) is 44.4 Å². The summed E-state index contributed by atoms with van der Waals surface area (Å²) in [4.78, 5) is 13.9. The van der Waals surface area contributed by atoms with Crippen molar-refractivity contribution in [3.05, 3.63) is 0 Å². The Hall–Kier alpha value is -0.570. The molecular weight excluding hydrogens is 214 g/mol. The molecule has 1 aliphatic rings. The molecule has 0 aromatic rings. The van der Waals surface area contributed by atoms with Crippen molar-refractivity contribution >= 4 is 5.91 Å². The molecular formula is C14H27NO2. The molecule has 1 amide bonds. The van der Waals surface area contributed by atoms with Crippen LogP contribution in [-0.4, -0.2) is 35.1 Å². The molecule has 0 aromatic carbocycles. The first-order valence-electron chi connectivity index (χ1n) is 6.96. The third-order valence-corrected chi connectivity index (χ3v) is 3.84. The van der Waals surface area contributed by atoms with E-state index in [0.29, 0.717) is 24.2 Å². The molecule has 0 radical (unpaired) electrons. The second-order valence-corrected chi connectivity index (χ2v) is 5.70. The van der Waals surface area contributed by atoms with Crippen molar-refractivity contribution in [2.75, 3.05) is 13.1 Å². The number of hydrogen-bond donors (Lipinski definition) is 1. The molecule has 1 aliphatic heterocycles. The molecule has 2 unspecified atom stereocenters. The van der Waals surface area contributed by atoms with Gasteiger partial charge in [-0.1, -0.05) is 13.8 Å². The largest absolute Gasteiger partial charge is 0.393 e. The highest BCUT2D eigenvalue weighted by Crippen LogP contribution is 2.25. The van der Waals surface area contributed by atoms with Gasteiger partial charge in [0.15, 0.2) is 0 Å². The highest BCUT2D eigenvalue weighted by Gasteiger charge is 2.23. The fraction of sp³-hybridized carbons (Fsp3) is 0.929. The predicted octanol–water partition coefficient (Wildman–Crippen LogP) is 2.43. The van der Waals surface area contributed by atoms with E-state index in [-0.39, 0.29) is 6.10 Å². The summed E-state index contributed by atoms with van der Waals surface area (Å²) in [6, 6.07) is 0. The molecule has 0 aromatic heterocycles. The summed E-state index contributed by atoms with van der Waals surface area (Å²) in [6.07, 6.45) is 4.34. The molecule has 1 heterocycles. The molecule has 0 spiro atoms. The van der Waals surface area contributed by atoms with E-state index in [1.807, 2.05) is 4.90 Å². The number of hydrogen-bond acceptors (Lipinski definition) is 2. The zero-order chi connectivity index (χ0) is 12.8. The molecule has 3 heteroatoms. The zero-order valence-corrected chi connectivity index (χ0v) is 11.5. The third-order valence-electron chi connectivity index (χ3n) is 3.84. The quantitative estimate of drug-likeness (QED) is 0.803. The minimum absolute atomic E-state index is 0.250. The lowest BCUT2D eigenvalue weighted by Crippen LogP contribution is -2.31. The zero-order valence-electron chi connectivity index (χ0n) is 11.5. The van der Waals surface area contributed by atoms with Crippen LogP contribution in [0.1, 0.15) is 52.9 Å². The monoisotopic (exact) mass is 241 g/mol. The third kappa shape index (κ3) is 5.07. The summed E-state index contributed by atoms with van der Waals surface area (Å²) in [5, 5.41) is 9.21. The van der Waals surface area contributed by atoms with Crippen molar-refractivity contribution in [1.82, 2.24) is 4.90 Å². The molecule has 1 fully saturated rings. The van der Waals surface area contributed by atoms with Crippen molar-refractivity contribution in [1.29, 1.82) is 0 Å². The summed E-state index contributed by atoms with van der Waals surface area (Å²) in [5.74, 6) is 1.68. The van der Waals surface area contributed by atoms with E-state index in [2.05, 4.69) is 13.8 Å². The van der Waals surface area contributed by atoms with Crippen LogP contribution in [-0.2, 0) is 4.79 Å². The van der Waals surface area contributed by atoms with Crippen LogP contribution < -0.4 is 0 Å². The van der Waals surface area contributed by atoms with Crippen LogP contribution in [0.3, 0.4) is 0 Å². The normalized spacial score (nSPS) is 23.9. The topological polar surface area (TPSA) is 40.5 Å². The van der Waals surface area contributed by atoms with E-state index in [1.165, 1.54) is 0 Å². The Morgan fingerprint density at radius 1 is 1.35 bits per heavy atom. The Balaban J connectivity index is 2.37. The Morgan fingerprint density at radius 2 is 2.06 bits per heavy atom. The van der Waals surface area contributed by atoms with E-state index in [1.54, 1.807) is 6.92 Å². The molecule has 0 bridgehead atoms. The summed E-state index contributed by atoms with van der Waals surface area (Å²) >= 11 is 0. The van der Waals surface area contributed by atoms with Crippen molar-refractivity contribution in [3.63, 3.8) is 0 Å². The Morgan fingerprint density at radius 3 is 2.65 bits per heavy atom. The molecule has 17 heavy (non-hydrogen) atoms. The van der Waals surface area contributed by atoms with Crippen molar-refractivity contribution in [2.45, 2.75) is 59.0 Å². The van der Waals surface area contributed by atoms with Crippen LogP contribution in [0.4, 0.5) is 0 Å². The molecule has 2 atom stereocenters. The minimum atomic E-state index is -0.250. The summed E-state index contributed by atoms with van der Waals surface area (Å²) in [5.41, 5.74) is 0. The maximum Gasteiger partial charge on any atom is 0.222 e. The maximum atomic E-state index is 11.9. The van der Waals surface area contributed by atoms with Gasteiger partial charge in [-0.3, -0.25) is 4.79 Å². The lowest BCUT2D eigenvalue weighted by atomic mass is 9.89. The highest BCUT2D eigenvalue weighted by molar-refractivity contribution is 5.76. The van der Waals surface area contributed by atoms with Crippen molar-refractivity contribution in [2.24, 2.45) is 11.8 Å². The SMILES string of the molecule is CC(O)CCCN1CCC(C(C)C)CCC1=O. The highest BCUT2D eigenvalue weighted by atomic mass is 16.3. The smallest absolute Gasteiger partial charge is 0.222 e. The second kappa shape index (κ2) is 7.00. The number of aliphatic hydroxyl groups excluding tert-OH is 1. The number of likely N-dealkylation sites (tertiary alicyclic amines) is 1. The Kier molecular flexibility index (Phi) is 5.96. The number of aliphatic hydroxyl groups is 1. The van der Waals surface area contributed by atoms with Crippen LogP contribution in [0.2, 0.25) is 0 Å². The van der Waals surface area contributed by atoms with E-state index < -0.39 is 0 Å². The minimum Gasteiger partial charge on any atom is -0.393 e. The van der Waals surface area contributed by atoms with Crippen LogP contribution in [0.25, 0.3) is 0 Å². The van der Waals surface area contributed by atoms with Gasteiger partial charge in [0, 0.05) is 19.5 Å². The van der Waals surface area contributed by atoms with Crippen LogP contribution in [0.15, 0.2) is 0 Å². The van der Waals surface area contributed by atoms with Gasteiger partial charge in [0.1, 0.15) is 0 Å². The van der Waals surface area contributed by atoms with Gasteiger partial charge in [0.25, 0.3) is 0 Å². The average molecular weight is 241 g/mol. The molecule has 1 rings (SSSR count). The van der Waals surface area contributed by atoms with Gasteiger partial charge in [0.05, 0.1) is 6.10 Å². The number of rotatable bonds is 5. The Labute approximate surface area is 105 Å². The number of carbonyl (C=O) groups excluding carboxylic acids is 1. The number of nitrogens with zero attached hydrogens (tertiary/aromatic N) is 1. The van der Waals surface area contributed by atoms with Gasteiger partial charge in [-0.15, -0.1) is 0 Å².